The fourth-order valence-electron chi connectivity index (χ4n) is 2.83. The molecule has 2 aromatic carbocycles. The molecule has 0 saturated carbocycles. The third kappa shape index (κ3) is 4.86. The number of thiocarbonyl (C=S) groups is 1. The van der Waals surface area contributed by atoms with Crippen molar-refractivity contribution in [1.82, 2.24) is 0 Å². The van der Waals surface area contributed by atoms with E-state index in [9.17, 15) is 24.6 Å². The minimum absolute atomic E-state index is 0.211. The van der Waals surface area contributed by atoms with Crippen LogP contribution in [0.4, 0.5) is 5.69 Å². The number of carbonyl (C=O) groups excluding carboxylic acids is 1. The van der Waals surface area contributed by atoms with E-state index in [1.54, 1.807) is 37.3 Å². The number of aromatic hydroxyl groups is 1. The highest BCUT2D eigenvalue weighted by Crippen LogP contribution is 2.37. The zero-order valence-corrected chi connectivity index (χ0v) is 17.8. The second-order valence-electron chi connectivity index (χ2n) is 6.45. The Morgan fingerprint density at radius 1 is 1.23 bits per heavy atom. The highest BCUT2D eigenvalue weighted by Gasteiger charge is 2.34. The first kappa shape index (κ1) is 22.3. The summed E-state index contributed by atoms with van der Waals surface area (Å²) >= 11 is 6.33. The number of phenols is 1. The minimum atomic E-state index is -1.33. The Hall–Kier alpha value is -3.37. The predicted molar refractivity (Wildman–Crippen MR) is 120 cm³/mol. The molecule has 0 radical (unpaired) electrons. The van der Waals surface area contributed by atoms with Gasteiger partial charge in [0.2, 0.25) is 0 Å². The Morgan fingerprint density at radius 2 is 1.97 bits per heavy atom. The SMILES string of the molecule is CCC(Oc1cccc(/C=C2\SC(=S)N(c3ccc(O)c(C(=O)O)c3)C2=O)c1)C(=O)O. The molecule has 2 aromatic rings. The van der Waals surface area contributed by atoms with Crippen LogP contribution in [-0.4, -0.2) is 43.6 Å². The Balaban J connectivity index is 1.87. The van der Waals surface area contributed by atoms with Crippen LogP contribution in [0.5, 0.6) is 11.5 Å². The van der Waals surface area contributed by atoms with Crippen molar-refractivity contribution in [2.24, 2.45) is 0 Å². The lowest BCUT2D eigenvalue weighted by molar-refractivity contribution is -0.145. The number of ether oxygens (including phenoxy) is 1. The van der Waals surface area contributed by atoms with Crippen LogP contribution in [0.15, 0.2) is 47.4 Å². The number of carboxylic acid groups (broad SMARTS) is 2. The zero-order chi connectivity index (χ0) is 22.7. The summed E-state index contributed by atoms with van der Waals surface area (Å²) in [7, 11) is 0. The molecule has 1 heterocycles. The number of carbonyl (C=O) groups is 3. The summed E-state index contributed by atoms with van der Waals surface area (Å²) in [5.74, 6) is -2.91. The number of benzene rings is 2. The molecule has 1 aliphatic rings. The lowest BCUT2D eigenvalue weighted by atomic mass is 10.1. The van der Waals surface area contributed by atoms with E-state index in [0.717, 1.165) is 11.8 Å². The molecule has 1 amide bonds. The highest BCUT2D eigenvalue weighted by molar-refractivity contribution is 8.27. The van der Waals surface area contributed by atoms with E-state index in [0.29, 0.717) is 22.6 Å². The number of thioether (sulfide) groups is 1. The highest BCUT2D eigenvalue weighted by atomic mass is 32.2. The Kier molecular flexibility index (Phi) is 6.62. The second kappa shape index (κ2) is 9.19. The fraction of sp³-hybridized carbons (Fsp3) is 0.143. The van der Waals surface area contributed by atoms with Gasteiger partial charge in [-0.25, -0.2) is 9.59 Å². The topological polar surface area (TPSA) is 124 Å². The molecule has 31 heavy (non-hydrogen) atoms. The van der Waals surface area contributed by atoms with E-state index in [4.69, 9.17) is 22.1 Å². The van der Waals surface area contributed by atoms with Crippen molar-refractivity contribution in [3.63, 3.8) is 0 Å². The lowest BCUT2D eigenvalue weighted by Gasteiger charge is -2.15. The van der Waals surface area contributed by atoms with E-state index in [1.807, 2.05) is 0 Å². The van der Waals surface area contributed by atoms with Gasteiger partial charge in [0.15, 0.2) is 10.4 Å². The minimum Gasteiger partial charge on any atom is -0.507 e. The maximum Gasteiger partial charge on any atom is 0.344 e. The largest absolute Gasteiger partial charge is 0.507 e. The van der Waals surface area contributed by atoms with Gasteiger partial charge < -0.3 is 20.1 Å². The average molecular weight is 460 g/mol. The maximum atomic E-state index is 12.9. The fourth-order valence-corrected chi connectivity index (χ4v) is 4.13. The first-order valence-electron chi connectivity index (χ1n) is 9.05. The van der Waals surface area contributed by atoms with Gasteiger partial charge in [0, 0.05) is 0 Å². The van der Waals surface area contributed by atoms with Crippen molar-refractivity contribution in [3.8, 4) is 11.5 Å². The molecule has 0 bridgehead atoms. The second-order valence-corrected chi connectivity index (χ2v) is 8.12. The summed E-state index contributed by atoms with van der Waals surface area (Å²) in [6.45, 7) is 1.70. The summed E-state index contributed by atoms with van der Waals surface area (Å²) < 4.78 is 5.69. The summed E-state index contributed by atoms with van der Waals surface area (Å²) in [5, 5.41) is 28.0. The van der Waals surface area contributed by atoms with Gasteiger partial charge in [-0.15, -0.1) is 0 Å². The van der Waals surface area contributed by atoms with Gasteiger partial charge >= 0.3 is 11.9 Å². The zero-order valence-electron chi connectivity index (χ0n) is 16.1. The molecule has 10 heteroatoms. The van der Waals surface area contributed by atoms with Gasteiger partial charge in [0.05, 0.1) is 10.6 Å². The molecule has 1 saturated heterocycles. The Morgan fingerprint density at radius 3 is 2.61 bits per heavy atom. The molecule has 3 rings (SSSR count). The van der Waals surface area contributed by atoms with E-state index in [2.05, 4.69) is 0 Å². The number of anilines is 1. The monoisotopic (exact) mass is 459 g/mol. The van der Waals surface area contributed by atoms with Crippen LogP contribution < -0.4 is 9.64 Å². The van der Waals surface area contributed by atoms with Crippen LogP contribution in [0.3, 0.4) is 0 Å². The number of amides is 1. The molecule has 8 nitrogen and oxygen atoms in total. The number of hydrogen-bond acceptors (Lipinski definition) is 7. The van der Waals surface area contributed by atoms with Gasteiger partial charge in [0.25, 0.3) is 5.91 Å². The Bertz CT molecular complexity index is 1110. The van der Waals surface area contributed by atoms with Crippen molar-refractivity contribution >= 4 is 57.9 Å². The number of aromatic carboxylic acids is 1. The van der Waals surface area contributed by atoms with Crippen molar-refractivity contribution in [3.05, 3.63) is 58.5 Å². The van der Waals surface area contributed by atoms with E-state index >= 15 is 0 Å². The molecular weight excluding hydrogens is 442 g/mol. The predicted octanol–water partition coefficient (Wildman–Crippen LogP) is 3.74. The molecule has 1 aliphatic heterocycles. The number of rotatable bonds is 7. The van der Waals surface area contributed by atoms with Crippen LogP contribution in [-0.2, 0) is 9.59 Å². The van der Waals surface area contributed by atoms with Gasteiger partial charge in [-0.05, 0) is 48.4 Å². The number of aliphatic carboxylic acids is 1. The third-order valence-electron chi connectivity index (χ3n) is 4.34. The first-order chi connectivity index (χ1) is 14.7. The number of nitrogens with zero attached hydrogens (tertiary/aromatic N) is 1. The van der Waals surface area contributed by atoms with Gasteiger partial charge in [-0.3, -0.25) is 9.69 Å². The quantitative estimate of drug-likeness (QED) is 0.419. The maximum absolute atomic E-state index is 12.9. The van der Waals surface area contributed by atoms with E-state index in [-0.39, 0.29) is 15.6 Å². The molecular formula is C21H17NO7S2. The molecule has 0 spiro atoms. The summed E-state index contributed by atoms with van der Waals surface area (Å²) in [6.07, 6.45) is 0.904. The van der Waals surface area contributed by atoms with E-state index in [1.165, 1.54) is 23.1 Å². The third-order valence-corrected chi connectivity index (χ3v) is 5.65. The summed E-state index contributed by atoms with van der Waals surface area (Å²) in [5.41, 5.74) is 0.491. The van der Waals surface area contributed by atoms with Crippen molar-refractivity contribution < 1.29 is 34.4 Å². The van der Waals surface area contributed by atoms with Gasteiger partial charge in [-0.2, -0.15) is 0 Å². The van der Waals surface area contributed by atoms with Crippen LogP contribution in [0.25, 0.3) is 6.08 Å². The molecule has 3 N–H and O–H groups in total. The van der Waals surface area contributed by atoms with Crippen molar-refractivity contribution in [2.45, 2.75) is 19.4 Å². The van der Waals surface area contributed by atoms with Crippen molar-refractivity contribution in [1.29, 1.82) is 0 Å². The summed E-state index contributed by atoms with van der Waals surface area (Å²) in [4.78, 5) is 36.9. The average Bonchev–Trinajstić information content (AvgIpc) is 2.99. The van der Waals surface area contributed by atoms with Crippen LogP contribution >= 0.6 is 24.0 Å². The lowest BCUT2D eigenvalue weighted by Crippen LogP contribution is -2.27. The molecule has 1 unspecified atom stereocenters. The molecule has 1 atom stereocenters. The standard InChI is InChI=1S/C21H17NO7S2/c1-2-16(20(27)28)29-13-5-3-4-11(8-13)9-17-18(24)22(21(30)31-17)12-6-7-15(23)14(10-12)19(25)26/h3-10,16,23H,2H2,1H3,(H,25,26)(H,27,28)/b17-9-. The Labute approximate surface area is 186 Å². The smallest absolute Gasteiger partial charge is 0.344 e. The van der Waals surface area contributed by atoms with Crippen LogP contribution in [0, 0.1) is 0 Å². The normalized spacial score (nSPS) is 15.9. The van der Waals surface area contributed by atoms with Crippen LogP contribution in [0.1, 0.15) is 29.3 Å². The van der Waals surface area contributed by atoms with E-state index < -0.39 is 29.7 Å². The molecule has 1 fully saturated rings. The summed E-state index contributed by atoms with van der Waals surface area (Å²) in [6, 6.07) is 10.4. The molecule has 160 valence electrons. The van der Waals surface area contributed by atoms with Crippen molar-refractivity contribution in [2.75, 3.05) is 4.90 Å². The van der Waals surface area contributed by atoms with Gasteiger partial charge in [0.1, 0.15) is 17.1 Å². The molecule has 0 aromatic heterocycles. The van der Waals surface area contributed by atoms with Crippen LogP contribution in [0.2, 0.25) is 0 Å². The number of carboxylic acids is 2. The first-order valence-corrected chi connectivity index (χ1v) is 10.3. The van der Waals surface area contributed by atoms with Gasteiger partial charge in [-0.1, -0.05) is 43.0 Å². The molecule has 0 aliphatic carbocycles. The number of hydrogen-bond donors (Lipinski definition) is 3.